The van der Waals surface area contributed by atoms with E-state index >= 15 is 0 Å². The fourth-order valence-electron chi connectivity index (χ4n) is 4.77. The van der Waals surface area contributed by atoms with Gasteiger partial charge in [0.1, 0.15) is 0 Å². The average molecular weight is 481 g/mol. The lowest BCUT2D eigenvalue weighted by Crippen LogP contribution is -2.51. The molecule has 3 rings (SSSR count). The van der Waals surface area contributed by atoms with Gasteiger partial charge in [0, 0.05) is 44.5 Å². The first-order chi connectivity index (χ1) is 15.7. The number of piperidine rings is 1. The number of urea groups is 1. The van der Waals surface area contributed by atoms with Crippen molar-refractivity contribution in [2.24, 2.45) is 5.92 Å². The van der Waals surface area contributed by atoms with Crippen LogP contribution in [0.1, 0.15) is 38.7 Å². The number of carbonyl (C=O) groups is 1. The molecule has 1 unspecified atom stereocenters. The number of likely N-dealkylation sites (tertiary alicyclic amines) is 1. The van der Waals surface area contributed by atoms with E-state index in [4.69, 9.17) is 4.74 Å². The average Bonchev–Trinajstić information content (AvgIpc) is 2.80. The van der Waals surface area contributed by atoms with Crippen LogP contribution in [0, 0.1) is 5.92 Å². The van der Waals surface area contributed by atoms with E-state index in [-0.39, 0.29) is 6.03 Å². The van der Waals surface area contributed by atoms with Gasteiger partial charge < -0.3 is 19.4 Å². The van der Waals surface area contributed by atoms with Crippen LogP contribution in [0.3, 0.4) is 0 Å². The van der Waals surface area contributed by atoms with Gasteiger partial charge in [0.2, 0.25) is 10.0 Å². The number of anilines is 1. The zero-order chi connectivity index (χ0) is 23.8. The highest BCUT2D eigenvalue weighted by atomic mass is 32.2. The molecule has 2 saturated heterocycles. The number of hydrogen-bond donors (Lipinski definition) is 1. The molecule has 0 aliphatic carbocycles. The summed E-state index contributed by atoms with van der Waals surface area (Å²) in [5.41, 5.74) is 1.80. The van der Waals surface area contributed by atoms with Crippen LogP contribution < -0.4 is 4.72 Å². The SMILES string of the molecule is CCCN(CC1CCN(C(=O)N2CCOCC2)CC1)C(C)Cc1ccc(NS(C)(=O)=O)cc1. The largest absolute Gasteiger partial charge is 0.378 e. The van der Waals surface area contributed by atoms with Crippen LogP contribution >= 0.6 is 0 Å². The molecule has 2 aliphatic rings. The zero-order valence-electron chi connectivity index (χ0n) is 20.3. The molecule has 0 bridgehead atoms. The lowest BCUT2D eigenvalue weighted by molar-refractivity contribution is 0.0386. The number of ether oxygens (including phenoxy) is 1. The maximum Gasteiger partial charge on any atom is 0.320 e. The molecule has 1 aromatic rings. The van der Waals surface area contributed by atoms with Gasteiger partial charge in [-0.1, -0.05) is 19.1 Å². The van der Waals surface area contributed by atoms with E-state index in [1.54, 1.807) is 0 Å². The lowest BCUT2D eigenvalue weighted by atomic mass is 9.95. The van der Waals surface area contributed by atoms with Crippen molar-refractivity contribution in [1.82, 2.24) is 14.7 Å². The third kappa shape index (κ3) is 8.15. The van der Waals surface area contributed by atoms with E-state index < -0.39 is 10.0 Å². The third-order valence-electron chi connectivity index (χ3n) is 6.58. The van der Waals surface area contributed by atoms with Crippen molar-refractivity contribution in [2.75, 3.05) is 63.5 Å². The molecular weight excluding hydrogens is 440 g/mol. The van der Waals surface area contributed by atoms with Crippen LogP contribution in [0.4, 0.5) is 10.5 Å². The Kier molecular flexibility index (Phi) is 9.40. The summed E-state index contributed by atoms with van der Waals surface area (Å²) < 4.78 is 30.7. The first-order valence-electron chi connectivity index (χ1n) is 12.2. The van der Waals surface area contributed by atoms with E-state index in [1.165, 1.54) is 5.56 Å². The molecule has 0 saturated carbocycles. The molecule has 9 heteroatoms. The van der Waals surface area contributed by atoms with Gasteiger partial charge in [-0.15, -0.1) is 0 Å². The number of rotatable bonds is 9. The molecule has 186 valence electrons. The highest BCUT2D eigenvalue weighted by molar-refractivity contribution is 7.92. The van der Waals surface area contributed by atoms with Gasteiger partial charge in [-0.05, 0) is 62.8 Å². The third-order valence-corrected chi connectivity index (χ3v) is 7.19. The molecule has 1 atom stereocenters. The number of nitrogens with one attached hydrogen (secondary N) is 1. The van der Waals surface area contributed by atoms with Gasteiger partial charge in [0.25, 0.3) is 0 Å². The monoisotopic (exact) mass is 480 g/mol. The fraction of sp³-hybridized carbons (Fsp3) is 0.708. The standard InChI is InChI=1S/C24H40N4O4S/c1-4-11-28(20(2)18-21-5-7-23(8-6-21)25-33(3,30)31)19-22-9-12-26(13-10-22)24(29)27-14-16-32-17-15-27/h5-8,20,22,25H,4,9-19H2,1-3H3. The van der Waals surface area contributed by atoms with Crippen LogP contribution in [-0.4, -0.2) is 93.9 Å². The van der Waals surface area contributed by atoms with Crippen LogP contribution in [0.15, 0.2) is 24.3 Å². The summed E-state index contributed by atoms with van der Waals surface area (Å²) in [5, 5.41) is 0. The topological polar surface area (TPSA) is 82.2 Å². The maximum absolute atomic E-state index is 12.7. The Morgan fingerprint density at radius 1 is 1.12 bits per heavy atom. The Bertz CT molecular complexity index is 848. The Balaban J connectivity index is 1.49. The summed E-state index contributed by atoms with van der Waals surface area (Å²) in [6.07, 6.45) is 5.29. The van der Waals surface area contributed by atoms with Crippen molar-refractivity contribution < 1.29 is 17.9 Å². The van der Waals surface area contributed by atoms with E-state index in [0.717, 1.165) is 58.1 Å². The number of amides is 2. The number of morpholine rings is 1. The molecule has 0 aromatic heterocycles. The summed E-state index contributed by atoms with van der Waals surface area (Å²) in [6.45, 7) is 11.0. The molecule has 2 heterocycles. The summed E-state index contributed by atoms with van der Waals surface area (Å²) in [7, 11) is -3.26. The molecule has 2 amide bonds. The van der Waals surface area contributed by atoms with Crippen LogP contribution in [-0.2, 0) is 21.2 Å². The van der Waals surface area contributed by atoms with Crippen molar-refractivity contribution in [3.63, 3.8) is 0 Å². The Morgan fingerprint density at radius 2 is 1.73 bits per heavy atom. The van der Waals surface area contributed by atoms with E-state index in [1.807, 2.05) is 34.1 Å². The van der Waals surface area contributed by atoms with E-state index in [9.17, 15) is 13.2 Å². The van der Waals surface area contributed by atoms with Crippen molar-refractivity contribution >= 4 is 21.7 Å². The maximum atomic E-state index is 12.7. The Labute approximate surface area is 199 Å². The van der Waals surface area contributed by atoms with E-state index in [0.29, 0.717) is 44.0 Å². The minimum atomic E-state index is -3.26. The Morgan fingerprint density at radius 3 is 2.30 bits per heavy atom. The second kappa shape index (κ2) is 12.0. The fourth-order valence-corrected chi connectivity index (χ4v) is 5.33. The number of carbonyl (C=O) groups excluding carboxylic acids is 1. The molecule has 33 heavy (non-hydrogen) atoms. The van der Waals surface area contributed by atoms with Crippen LogP contribution in [0.25, 0.3) is 0 Å². The van der Waals surface area contributed by atoms with Crippen LogP contribution in [0.2, 0.25) is 0 Å². The zero-order valence-corrected chi connectivity index (χ0v) is 21.1. The lowest BCUT2D eigenvalue weighted by Gasteiger charge is -2.39. The molecule has 2 fully saturated rings. The van der Waals surface area contributed by atoms with Crippen molar-refractivity contribution in [1.29, 1.82) is 0 Å². The normalized spacial score (nSPS) is 19.0. The van der Waals surface area contributed by atoms with Gasteiger partial charge in [-0.3, -0.25) is 4.72 Å². The highest BCUT2D eigenvalue weighted by Crippen LogP contribution is 2.22. The second-order valence-electron chi connectivity index (χ2n) is 9.43. The molecule has 8 nitrogen and oxygen atoms in total. The molecule has 1 N–H and O–H groups in total. The van der Waals surface area contributed by atoms with Crippen molar-refractivity contribution in [3.8, 4) is 0 Å². The van der Waals surface area contributed by atoms with Crippen LogP contribution in [0.5, 0.6) is 0 Å². The number of hydrogen-bond acceptors (Lipinski definition) is 5. The van der Waals surface area contributed by atoms with Crippen molar-refractivity contribution in [3.05, 3.63) is 29.8 Å². The van der Waals surface area contributed by atoms with Gasteiger partial charge in [-0.2, -0.15) is 0 Å². The predicted molar refractivity (Wildman–Crippen MR) is 132 cm³/mol. The van der Waals surface area contributed by atoms with Gasteiger partial charge in [0.15, 0.2) is 0 Å². The molecular formula is C24H40N4O4S. The quantitative estimate of drug-likeness (QED) is 0.588. The minimum absolute atomic E-state index is 0.171. The number of benzene rings is 1. The number of sulfonamides is 1. The smallest absolute Gasteiger partial charge is 0.320 e. The van der Waals surface area contributed by atoms with Gasteiger partial charge >= 0.3 is 6.03 Å². The summed E-state index contributed by atoms with van der Waals surface area (Å²) in [4.78, 5) is 19.3. The minimum Gasteiger partial charge on any atom is -0.378 e. The first-order valence-corrected chi connectivity index (χ1v) is 14.1. The van der Waals surface area contributed by atoms with Gasteiger partial charge in [-0.25, -0.2) is 13.2 Å². The van der Waals surface area contributed by atoms with Crippen molar-refractivity contribution in [2.45, 2.75) is 45.6 Å². The molecule has 2 aliphatic heterocycles. The molecule has 1 aromatic carbocycles. The van der Waals surface area contributed by atoms with E-state index in [2.05, 4.69) is 23.5 Å². The van der Waals surface area contributed by atoms with Gasteiger partial charge in [0.05, 0.1) is 19.5 Å². The molecule has 0 radical (unpaired) electrons. The second-order valence-corrected chi connectivity index (χ2v) is 11.2. The summed E-state index contributed by atoms with van der Waals surface area (Å²) in [6, 6.07) is 8.23. The summed E-state index contributed by atoms with van der Waals surface area (Å²) >= 11 is 0. The first kappa shape index (κ1) is 25.8. The number of nitrogens with zero attached hydrogens (tertiary/aromatic N) is 3. The Hall–Kier alpha value is -1.84. The molecule has 0 spiro atoms. The summed E-state index contributed by atoms with van der Waals surface area (Å²) in [5.74, 6) is 0.606. The predicted octanol–water partition coefficient (Wildman–Crippen LogP) is 2.87. The highest BCUT2D eigenvalue weighted by Gasteiger charge is 2.28.